The molecule has 0 unspecified atom stereocenters. The minimum atomic E-state index is -2.87. The van der Waals surface area contributed by atoms with Crippen molar-refractivity contribution < 1.29 is 18.3 Å². The summed E-state index contributed by atoms with van der Waals surface area (Å²) in [5.74, 6) is 0.777. The maximum Gasteiger partial charge on any atom is 0.387 e. The summed E-state index contributed by atoms with van der Waals surface area (Å²) in [7, 11) is 0. The number of benzene rings is 2. The van der Waals surface area contributed by atoms with Crippen LogP contribution in [0, 0.1) is 6.92 Å². The Morgan fingerprint density at radius 3 is 2.52 bits per heavy atom. The van der Waals surface area contributed by atoms with Gasteiger partial charge in [-0.05, 0) is 31.0 Å². The van der Waals surface area contributed by atoms with E-state index in [2.05, 4.69) is 43.5 Å². The largest absolute Gasteiger partial charge is 0.434 e. The molecule has 6 nitrogen and oxygen atoms in total. The highest BCUT2D eigenvalue weighted by atomic mass is 127. The number of halogens is 3. The fourth-order valence-corrected chi connectivity index (χ4v) is 3.61. The SMILES string of the molecule is CCNC(=NCc1cc(C)ccc1OC(F)F)NCc1ccccc1CN1CCOCC1.I. The number of nitrogens with one attached hydrogen (secondary N) is 2. The fourth-order valence-electron chi connectivity index (χ4n) is 3.61. The summed E-state index contributed by atoms with van der Waals surface area (Å²) < 4.78 is 35.6. The molecule has 2 N–H and O–H groups in total. The molecule has 0 bridgehead atoms. The highest BCUT2D eigenvalue weighted by molar-refractivity contribution is 14.0. The number of hydrogen-bond donors (Lipinski definition) is 2. The molecule has 0 aliphatic carbocycles. The Morgan fingerprint density at radius 2 is 1.82 bits per heavy atom. The second kappa shape index (κ2) is 14.3. The van der Waals surface area contributed by atoms with Crippen LogP contribution in [0.25, 0.3) is 0 Å². The molecule has 0 amide bonds. The minimum Gasteiger partial charge on any atom is -0.434 e. The number of aryl methyl sites for hydroxylation is 1. The molecule has 33 heavy (non-hydrogen) atoms. The Hall–Kier alpha value is -1.98. The van der Waals surface area contributed by atoms with Crippen LogP contribution < -0.4 is 15.4 Å². The molecule has 0 aromatic heterocycles. The fraction of sp³-hybridized carbons (Fsp3) is 0.458. The number of alkyl halides is 2. The van der Waals surface area contributed by atoms with Crippen LogP contribution in [0.15, 0.2) is 47.5 Å². The summed E-state index contributed by atoms with van der Waals surface area (Å²) in [4.78, 5) is 6.99. The monoisotopic (exact) mass is 574 g/mol. The molecule has 2 aromatic carbocycles. The van der Waals surface area contributed by atoms with Gasteiger partial charge < -0.3 is 20.1 Å². The summed E-state index contributed by atoms with van der Waals surface area (Å²) in [5.41, 5.74) is 4.05. The van der Waals surface area contributed by atoms with Gasteiger partial charge in [0.2, 0.25) is 0 Å². The Bertz CT molecular complexity index is 893. The molecule has 1 aliphatic heterocycles. The third kappa shape index (κ3) is 9.05. The molecule has 0 radical (unpaired) electrons. The van der Waals surface area contributed by atoms with Gasteiger partial charge in [-0.15, -0.1) is 24.0 Å². The van der Waals surface area contributed by atoms with Crippen LogP contribution in [0.2, 0.25) is 0 Å². The first-order valence-corrected chi connectivity index (χ1v) is 11.0. The van der Waals surface area contributed by atoms with E-state index >= 15 is 0 Å². The summed E-state index contributed by atoms with van der Waals surface area (Å²) in [5, 5.41) is 6.59. The van der Waals surface area contributed by atoms with E-state index in [1.54, 1.807) is 12.1 Å². The van der Waals surface area contributed by atoms with Gasteiger partial charge >= 0.3 is 6.61 Å². The molecule has 0 saturated carbocycles. The van der Waals surface area contributed by atoms with Crippen molar-refractivity contribution in [2.24, 2.45) is 4.99 Å². The zero-order valence-corrected chi connectivity index (χ0v) is 21.5. The Morgan fingerprint density at radius 1 is 1.09 bits per heavy atom. The van der Waals surface area contributed by atoms with Crippen LogP contribution in [0.4, 0.5) is 8.78 Å². The third-order valence-corrected chi connectivity index (χ3v) is 5.25. The Kier molecular flexibility index (Phi) is 11.8. The first kappa shape index (κ1) is 27.3. The predicted octanol–water partition coefficient (Wildman–Crippen LogP) is 4.30. The zero-order valence-electron chi connectivity index (χ0n) is 19.2. The zero-order chi connectivity index (χ0) is 22.8. The van der Waals surface area contributed by atoms with Crippen LogP contribution in [0.1, 0.15) is 29.2 Å². The van der Waals surface area contributed by atoms with Gasteiger partial charge in [0.25, 0.3) is 0 Å². The second-order valence-corrected chi connectivity index (χ2v) is 7.70. The second-order valence-electron chi connectivity index (χ2n) is 7.70. The van der Waals surface area contributed by atoms with Crippen molar-refractivity contribution in [1.82, 2.24) is 15.5 Å². The number of morpholine rings is 1. The lowest BCUT2D eigenvalue weighted by atomic mass is 10.1. The van der Waals surface area contributed by atoms with E-state index in [-0.39, 0.29) is 36.3 Å². The number of hydrogen-bond acceptors (Lipinski definition) is 4. The molecule has 2 aromatic rings. The summed E-state index contributed by atoms with van der Waals surface area (Å²) >= 11 is 0. The number of guanidine groups is 1. The molecular formula is C24H33F2IN4O2. The summed E-state index contributed by atoms with van der Waals surface area (Å²) in [6.07, 6.45) is 0. The van der Waals surface area contributed by atoms with Gasteiger partial charge in [-0.1, -0.05) is 42.0 Å². The number of aliphatic imine (C=N–C) groups is 1. The van der Waals surface area contributed by atoms with E-state index in [4.69, 9.17) is 4.74 Å². The highest BCUT2D eigenvalue weighted by Crippen LogP contribution is 2.23. The summed E-state index contributed by atoms with van der Waals surface area (Å²) in [6.45, 7) is 6.86. The molecule has 182 valence electrons. The lowest BCUT2D eigenvalue weighted by molar-refractivity contribution is -0.0504. The quantitative estimate of drug-likeness (QED) is 0.266. The van der Waals surface area contributed by atoms with Crippen LogP contribution in [0.5, 0.6) is 5.75 Å². The molecule has 1 aliphatic rings. The molecule has 0 atom stereocenters. The minimum absolute atomic E-state index is 0. The lowest BCUT2D eigenvalue weighted by Crippen LogP contribution is -2.38. The van der Waals surface area contributed by atoms with Crippen LogP contribution in [-0.4, -0.2) is 50.3 Å². The van der Waals surface area contributed by atoms with Gasteiger partial charge in [0.1, 0.15) is 5.75 Å². The van der Waals surface area contributed by atoms with Gasteiger partial charge in [-0.3, -0.25) is 4.90 Å². The van der Waals surface area contributed by atoms with E-state index in [0.717, 1.165) is 38.4 Å². The van der Waals surface area contributed by atoms with Crippen molar-refractivity contribution in [3.8, 4) is 5.75 Å². The number of rotatable bonds is 9. The van der Waals surface area contributed by atoms with Gasteiger partial charge in [-0.25, -0.2) is 4.99 Å². The maximum atomic E-state index is 12.7. The first-order chi connectivity index (χ1) is 15.5. The lowest BCUT2D eigenvalue weighted by Gasteiger charge is -2.27. The topological polar surface area (TPSA) is 58.1 Å². The van der Waals surface area contributed by atoms with Gasteiger partial charge in [0.05, 0.1) is 19.8 Å². The Labute approximate surface area is 211 Å². The van der Waals surface area contributed by atoms with Gasteiger partial charge in [0.15, 0.2) is 5.96 Å². The van der Waals surface area contributed by atoms with Crippen molar-refractivity contribution >= 4 is 29.9 Å². The van der Waals surface area contributed by atoms with E-state index in [0.29, 0.717) is 24.6 Å². The van der Waals surface area contributed by atoms with Crippen molar-refractivity contribution in [3.63, 3.8) is 0 Å². The molecular weight excluding hydrogens is 541 g/mol. The maximum absolute atomic E-state index is 12.7. The normalized spacial score (nSPS) is 14.6. The van der Waals surface area contributed by atoms with Crippen molar-refractivity contribution in [3.05, 3.63) is 64.7 Å². The van der Waals surface area contributed by atoms with Crippen molar-refractivity contribution in [1.29, 1.82) is 0 Å². The van der Waals surface area contributed by atoms with E-state index in [1.807, 2.05) is 26.0 Å². The van der Waals surface area contributed by atoms with Crippen LogP contribution in [-0.2, 0) is 24.4 Å². The standard InChI is InChI=1S/C24H32F2N4O2.HI/c1-3-27-24(29-16-21-14-18(2)8-9-22(21)32-23(25)26)28-15-19-6-4-5-7-20(19)17-30-10-12-31-13-11-30;/h4-9,14,23H,3,10-13,15-17H2,1-2H3,(H2,27,28,29);1H. The third-order valence-electron chi connectivity index (χ3n) is 5.25. The van der Waals surface area contributed by atoms with Crippen LogP contribution >= 0.6 is 24.0 Å². The molecule has 0 spiro atoms. The summed E-state index contributed by atoms with van der Waals surface area (Å²) in [6, 6.07) is 13.5. The van der Waals surface area contributed by atoms with Gasteiger partial charge in [0, 0.05) is 38.3 Å². The average Bonchev–Trinajstić information content (AvgIpc) is 2.78. The molecule has 3 rings (SSSR count). The number of ether oxygens (including phenoxy) is 2. The molecule has 9 heteroatoms. The molecule has 1 heterocycles. The van der Waals surface area contributed by atoms with E-state index < -0.39 is 6.61 Å². The Balaban J connectivity index is 0.00000385. The molecule has 1 saturated heterocycles. The van der Waals surface area contributed by atoms with Gasteiger partial charge in [-0.2, -0.15) is 8.78 Å². The first-order valence-electron chi connectivity index (χ1n) is 11.0. The van der Waals surface area contributed by atoms with Crippen LogP contribution in [0.3, 0.4) is 0 Å². The smallest absolute Gasteiger partial charge is 0.387 e. The predicted molar refractivity (Wildman–Crippen MR) is 137 cm³/mol. The van der Waals surface area contributed by atoms with E-state index in [1.165, 1.54) is 11.1 Å². The number of nitrogens with zero attached hydrogens (tertiary/aromatic N) is 2. The average molecular weight is 574 g/mol. The van der Waals surface area contributed by atoms with Crippen molar-refractivity contribution in [2.75, 3.05) is 32.8 Å². The van der Waals surface area contributed by atoms with E-state index in [9.17, 15) is 8.78 Å². The van der Waals surface area contributed by atoms with Crippen molar-refractivity contribution in [2.45, 2.75) is 40.1 Å². The molecule has 1 fully saturated rings. The highest BCUT2D eigenvalue weighted by Gasteiger charge is 2.13.